The fourth-order valence-corrected chi connectivity index (χ4v) is 9.40. The van der Waals surface area contributed by atoms with Crippen molar-refractivity contribution in [2.75, 3.05) is 0 Å². The minimum absolute atomic E-state index is 0.596. The van der Waals surface area contributed by atoms with Gasteiger partial charge in [-0.2, -0.15) is 0 Å². The molecule has 0 saturated heterocycles. The summed E-state index contributed by atoms with van der Waals surface area (Å²) in [5, 5.41) is 8.90. The minimum atomic E-state index is 0.596. The number of aromatic nitrogens is 3. The Hall–Kier alpha value is -7.15. The van der Waals surface area contributed by atoms with Crippen LogP contribution in [0, 0.1) is 0 Å². The lowest BCUT2D eigenvalue weighted by Crippen LogP contribution is -2.00. The molecule has 0 unspecified atom stereocenters. The Balaban J connectivity index is 1.08. The van der Waals surface area contributed by atoms with Crippen molar-refractivity contribution in [2.24, 2.45) is 0 Å². The van der Waals surface area contributed by atoms with Gasteiger partial charge < -0.3 is 8.83 Å². The number of fused-ring (bicyclic) bond motifs is 10. The highest BCUT2D eigenvalue weighted by molar-refractivity contribution is 7.26. The first kappa shape index (κ1) is 30.3. The molecule has 256 valence electrons. The second-order valence-corrected chi connectivity index (χ2v) is 15.0. The monoisotopic (exact) mass is 721 g/mol. The normalized spacial score (nSPS) is 12.0. The van der Waals surface area contributed by atoms with E-state index in [-0.39, 0.29) is 0 Å². The van der Waals surface area contributed by atoms with E-state index in [0.29, 0.717) is 17.5 Å². The molecule has 0 saturated carbocycles. The molecule has 6 heteroatoms. The zero-order valence-electron chi connectivity index (χ0n) is 29.2. The van der Waals surface area contributed by atoms with E-state index >= 15 is 0 Å². The van der Waals surface area contributed by atoms with E-state index in [2.05, 4.69) is 127 Å². The van der Waals surface area contributed by atoms with E-state index in [1.54, 1.807) is 11.3 Å². The van der Waals surface area contributed by atoms with Crippen LogP contribution in [0.5, 0.6) is 0 Å². The Morgan fingerprint density at radius 1 is 0.364 bits per heavy atom. The quantitative estimate of drug-likeness (QED) is 0.181. The largest absolute Gasteiger partial charge is 0.456 e. The van der Waals surface area contributed by atoms with Crippen LogP contribution >= 0.6 is 11.3 Å². The molecule has 55 heavy (non-hydrogen) atoms. The highest BCUT2D eigenvalue weighted by atomic mass is 32.1. The van der Waals surface area contributed by atoms with E-state index < -0.39 is 0 Å². The van der Waals surface area contributed by atoms with Crippen molar-refractivity contribution in [2.45, 2.75) is 0 Å². The van der Waals surface area contributed by atoms with Crippen LogP contribution in [0.2, 0.25) is 0 Å². The molecule has 0 aliphatic carbocycles. The molecule has 0 spiro atoms. The number of hydrogen-bond donors (Lipinski definition) is 0. The van der Waals surface area contributed by atoms with Crippen molar-refractivity contribution in [1.29, 1.82) is 0 Å². The lowest BCUT2D eigenvalue weighted by Gasteiger charge is -2.10. The Kier molecular flexibility index (Phi) is 6.44. The van der Waals surface area contributed by atoms with Gasteiger partial charge in [0.25, 0.3) is 0 Å². The summed E-state index contributed by atoms with van der Waals surface area (Å²) in [6.07, 6.45) is 0. The molecule has 0 amide bonds. The van der Waals surface area contributed by atoms with Gasteiger partial charge in [0.2, 0.25) is 0 Å². The fraction of sp³-hybridized carbons (Fsp3) is 0. The van der Waals surface area contributed by atoms with Gasteiger partial charge in [0, 0.05) is 58.4 Å². The molecule has 0 aliphatic rings. The summed E-state index contributed by atoms with van der Waals surface area (Å²) < 4.78 is 15.2. The van der Waals surface area contributed by atoms with Crippen LogP contribution < -0.4 is 0 Å². The van der Waals surface area contributed by atoms with Crippen molar-refractivity contribution < 1.29 is 8.83 Å². The standard InChI is InChI=1S/C49H27N3O2S/c1-2-11-29-26-31(23-22-28(29)10-1)47-50-48(52-49(51-47)38-17-7-15-34-33-12-4-6-21-43(33)55-46(34)38)37-16-9-20-41-45(37)36-25-24-30(27-42(36)54-41)32-14-8-19-40-44(32)35-13-3-5-18-39(35)53-40/h1-27H. The first-order chi connectivity index (χ1) is 27.2. The number of rotatable bonds is 4. The lowest BCUT2D eigenvalue weighted by atomic mass is 9.98. The molecule has 12 rings (SSSR count). The summed E-state index contributed by atoms with van der Waals surface area (Å²) in [4.78, 5) is 15.7. The molecule has 8 aromatic carbocycles. The third kappa shape index (κ3) is 4.68. The smallest absolute Gasteiger partial charge is 0.165 e. The topological polar surface area (TPSA) is 65.0 Å². The molecule has 0 N–H and O–H groups in total. The van der Waals surface area contributed by atoms with Gasteiger partial charge in [0.05, 0.1) is 0 Å². The Morgan fingerprint density at radius 3 is 1.85 bits per heavy atom. The van der Waals surface area contributed by atoms with Gasteiger partial charge in [-0.25, -0.2) is 15.0 Å². The predicted molar refractivity (Wildman–Crippen MR) is 227 cm³/mol. The van der Waals surface area contributed by atoms with Crippen LogP contribution in [-0.4, -0.2) is 15.0 Å². The van der Waals surface area contributed by atoms with Crippen molar-refractivity contribution in [3.8, 4) is 45.3 Å². The van der Waals surface area contributed by atoms with Gasteiger partial charge in [-0.05, 0) is 70.4 Å². The lowest BCUT2D eigenvalue weighted by molar-refractivity contribution is 0.668. The second-order valence-electron chi connectivity index (χ2n) is 13.9. The van der Waals surface area contributed by atoms with Gasteiger partial charge in [-0.3, -0.25) is 0 Å². The van der Waals surface area contributed by atoms with Crippen LogP contribution in [0.15, 0.2) is 173 Å². The van der Waals surface area contributed by atoms with E-state index in [4.69, 9.17) is 23.8 Å². The molecule has 0 aliphatic heterocycles. The number of hydrogen-bond acceptors (Lipinski definition) is 6. The molecule has 0 bridgehead atoms. The highest BCUT2D eigenvalue weighted by Gasteiger charge is 2.21. The average molecular weight is 722 g/mol. The molecular weight excluding hydrogens is 695 g/mol. The van der Waals surface area contributed by atoms with Crippen molar-refractivity contribution >= 4 is 86.2 Å². The SMILES string of the molecule is c1ccc2cc(-c3nc(-c4cccc5c4sc4ccccc45)nc(-c4cccc5oc6cc(-c7cccc8oc9ccccc9c78)ccc6c45)n3)ccc2c1. The van der Waals surface area contributed by atoms with E-state index in [0.717, 1.165) is 81.8 Å². The Morgan fingerprint density at radius 2 is 0.964 bits per heavy atom. The summed E-state index contributed by atoms with van der Waals surface area (Å²) in [6.45, 7) is 0. The van der Waals surface area contributed by atoms with E-state index in [9.17, 15) is 0 Å². The molecule has 4 heterocycles. The second kappa shape index (κ2) is 11.7. The fourth-order valence-electron chi connectivity index (χ4n) is 8.19. The van der Waals surface area contributed by atoms with Gasteiger partial charge in [-0.15, -0.1) is 11.3 Å². The average Bonchev–Trinajstić information content (AvgIpc) is 3.94. The first-order valence-electron chi connectivity index (χ1n) is 18.3. The van der Waals surface area contributed by atoms with Gasteiger partial charge in [-0.1, -0.05) is 115 Å². The summed E-state index contributed by atoms with van der Waals surface area (Å²) >= 11 is 1.77. The maximum Gasteiger partial charge on any atom is 0.165 e. The summed E-state index contributed by atoms with van der Waals surface area (Å²) in [5.74, 6) is 1.85. The van der Waals surface area contributed by atoms with Gasteiger partial charge in [0.1, 0.15) is 22.3 Å². The Bertz CT molecular complexity index is 3520. The maximum absolute atomic E-state index is 6.63. The molecule has 0 radical (unpaired) electrons. The third-order valence-electron chi connectivity index (χ3n) is 10.7. The van der Waals surface area contributed by atoms with Crippen LogP contribution in [-0.2, 0) is 0 Å². The molecule has 5 nitrogen and oxygen atoms in total. The number of furan rings is 2. The molecule has 12 aromatic rings. The van der Waals surface area contributed by atoms with Gasteiger partial charge >= 0.3 is 0 Å². The van der Waals surface area contributed by atoms with Crippen molar-refractivity contribution in [3.05, 3.63) is 164 Å². The molecule has 0 atom stereocenters. The minimum Gasteiger partial charge on any atom is -0.456 e. The summed E-state index contributed by atoms with van der Waals surface area (Å²) in [7, 11) is 0. The number of benzene rings is 8. The zero-order chi connectivity index (χ0) is 36.0. The number of nitrogens with zero attached hydrogens (tertiary/aromatic N) is 3. The summed E-state index contributed by atoms with van der Waals surface area (Å²) in [6, 6.07) is 56.8. The predicted octanol–water partition coefficient (Wildman–Crippen LogP) is 13.9. The van der Waals surface area contributed by atoms with E-state index in [1.165, 1.54) is 20.9 Å². The number of para-hydroxylation sites is 1. The van der Waals surface area contributed by atoms with Crippen LogP contribution in [0.4, 0.5) is 0 Å². The molecular formula is C49H27N3O2S. The molecule has 0 fully saturated rings. The van der Waals surface area contributed by atoms with Crippen LogP contribution in [0.3, 0.4) is 0 Å². The first-order valence-corrected chi connectivity index (χ1v) is 19.1. The van der Waals surface area contributed by atoms with Crippen LogP contribution in [0.25, 0.3) is 120 Å². The highest BCUT2D eigenvalue weighted by Crippen LogP contribution is 2.43. The molecule has 4 aromatic heterocycles. The zero-order valence-corrected chi connectivity index (χ0v) is 30.0. The van der Waals surface area contributed by atoms with Crippen molar-refractivity contribution in [1.82, 2.24) is 15.0 Å². The van der Waals surface area contributed by atoms with Crippen LogP contribution in [0.1, 0.15) is 0 Å². The van der Waals surface area contributed by atoms with E-state index in [1.807, 2.05) is 36.4 Å². The Labute approximate surface area is 317 Å². The van der Waals surface area contributed by atoms with Gasteiger partial charge in [0.15, 0.2) is 17.5 Å². The summed E-state index contributed by atoms with van der Waals surface area (Å²) in [5.41, 5.74) is 8.28. The maximum atomic E-state index is 6.63. The van der Waals surface area contributed by atoms with Crippen molar-refractivity contribution in [3.63, 3.8) is 0 Å². The third-order valence-corrected chi connectivity index (χ3v) is 12.0. The number of thiophene rings is 1.